The molecule has 3 rings (SSSR count). The molecule has 164 valence electrons. The fraction of sp³-hybridized carbons (Fsp3) is 0.632. The Kier molecular flexibility index (Phi) is 8.95. The van der Waals surface area contributed by atoms with Crippen LogP contribution >= 0.6 is 24.0 Å². The summed E-state index contributed by atoms with van der Waals surface area (Å²) < 4.78 is 64.4. The van der Waals surface area contributed by atoms with Crippen LogP contribution in [0.25, 0.3) is 0 Å². The third-order valence-electron chi connectivity index (χ3n) is 4.88. The summed E-state index contributed by atoms with van der Waals surface area (Å²) in [4.78, 5) is 6.37. The highest BCUT2D eigenvalue weighted by Gasteiger charge is 2.34. The Bertz CT molecular complexity index is 697. The molecule has 0 amide bonds. The summed E-state index contributed by atoms with van der Waals surface area (Å²) in [5.74, 6) is -0.397. The van der Waals surface area contributed by atoms with E-state index in [1.165, 1.54) is 0 Å². The van der Waals surface area contributed by atoms with E-state index in [-0.39, 0.29) is 48.3 Å². The van der Waals surface area contributed by atoms with Crippen LogP contribution in [0.15, 0.2) is 23.2 Å². The van der Waals surface area contributed by atoms with Crippen molar-refractivity contribution >= 4 is 29.9 Å². The number of aliphatic imine (C=N–C) groups is 1. The Morgan fingerprint density at radius 1 is 1.24 bits per heavy atom. The molecule has 2 fully saturated rings. The fourth-order valence-corrected chi connectivity index (χ4v) is 3.52. The molecule has 0 spiro atoms. The number of nitrogens with one attached hydrogen (secondary N) is 1. The van der Waals surface area contributed by atoms with Crippen LogP contribution in [0.3, 0.4) is 0 Å². The largest absolute Gasteiger partial charge is 0.416 e. The van der Waals surface area contributed by atoms with Gasteiger partial charge in [-0.1, -0.05) is 6.07 Å². The molecule has 1 N–H and O–H groups in total. The molecule has 0 aliphatic carbocycles. The third kappa shape index (κ3) is 6.42. The molecule has 0 saturated carbocycles. The van der Waals surface area contributed by atoms with E-state index >= 15 is 0 Å². The van der Waals surface area contributed by atoms with Crippen LogP contribution in [0, 0.1) is 5.82 Å². The molecule has 5 nitrogen and oxygen atoms in total. The molecule has 29 heavy (non-hydrogen) atoms. The van der Waals surface area contributed by atoms with Gasteiger partial charge in [-0.2, -0.15) is 13.2 Å². The van der Waals surface area contributed by atoms with Gasteiger partial charge in [-0.15, -0.1) is 24.0 Å². The molecule has 1 aromatic carbocycles. The number of hydrogen-bond donors (Lipinski definition) is 1. The maximum absolute atomic E-state index is 13.3. The summed E-state index contributed by atoms with van der Waals surface area (Å²) >= 11 is 0. The normalized spacial score (nSPS) is 23.1. The van der Waals surface area contributed by atoms with Crippen molar-refractivity contribution < 1.29 is 27.0 Å². The van der Waals surface area contributed by atoms with E-state index in [1.54, 1.807) is 0 Å². The summed E-state index contributed by atoms with van der Waals surface area (Å²) in [6, 6.07) is 2.68. The molecular weight excluding hydrogens is 505 g/mol. The van der Waals surface area contributed by atoms with Crippen molar-refractivity contribution in [2.24, 2.45) is 4.99 Å². The number of guanidine groups is 1. The summed E-state index contributed by atoms with van der Waals surface area (Å²) in [6.45, 7) is 4.65. The van der Waals surface area contributed by atoms with E-state index in [1.807, 2.05) is 11.8 Å². The Labute approximate surface area is 184 Å². The number of ether oxygens (including phenoxy) is 2. The molecule has 2 heterocycles. The second-order valence-electron chi connectivity index (χ2n) is 6.88. The van der Waals surface area contributed by atoms with Gasteiger partial charge in [0.2, 0.25) is 0 Å². The molecule has 1 aromatic rings. The summed E-state index contributed by atoms with van der Waals surface area (Å²) in [5, 5.41) is 3.13. The van der Waals surface area contributed by atoms with Gasteiger partial charge >= 0.3 is 6.18 Å². The van der Waals surface area contributed by atoms with Gasteiger partial charge in [0, 0.05) is 26.2 Å². The van der Waals surface area contributed by atoms with Crippen molar-refractivity contribution in [3.05, 3.63) is 35.1 Å². The zero-order valence-electron chi connectivity index (χ0n) is 16.2. The highest BCUT2D eigenvalue weighted by molar-refractivity contribution is 14.0. The monoisotopic (exact) mass is 531 g/mol. The van der Waals surface area contributed by atoms with Crippen LogP contribution in [0.5, 0.6) is 0 Å². The summed E-state index contributed by atoms with van der Waals surface area (Å²) in [6.07, 6.45) is -2.73. The summed E-state index contributed by atoms with van der Waals surface area (Å²) in [7, 11) is 0. The highest BCUT2D eigenvalue weighted by atomic mass is 127. The van der Waals surface area contributed by atoms with Crippen molar-refractivity contribution in [2.75, 3.05) is 32.8 Å². The minimum atomic E-state index is -4.63. The molecular formula is C19H26F4IN3O2. The van der Waals surface area contributed by atoms with E-state index in [0.717, 1.165) is 31.6 Å². The van der Waals surface area contributed by atoms with Crippen LogP contribution in [0.2, 0.25) is 0 Å². The molecule has 0 bridgehead atoms. The standard InChI is InChI=1S/C19H25F4N3O2.HI/c1-2-24-18(26-7-9-28-17(12-26)16-4-3-8-27-16)25-11-13-5-6-14(20)10-15(13)19(21,22)23;/h5-6,10,16-17H,2-4,7-9,11-12H2,1H3,(H,24,25);1H. The minimum Gasteiger partial charge on any atom is -0.375 e. The first-order valence-electron chi connectivity index (χ1n) is 9.50. The van der Waals surface area contributed by atoms with Crippen LogP contribution in [-0.4, -0.2) is 55.9 Å². The first kappa shape index (κ1) is 24.1. The van der Waals surface area contributed by atoms with Crippen molar-refractivity contribution in [3.8, 4) is 0 Å². The fourth-order valence-electron chi connectivity index (χ4n) is 3.52. The lowest BCUT2D eigenvalue weighted by molar-refractivity contribution is -0.138. The van der Waals surface area contributed by atoms with Gasteiger partial charge in [0.1, 0.15) is 11.9 Å². The number of nitrogens with zero attached hydrogens (tertiary/aromatic N) is 2. The Morgan fingerprint density at radius 3 is 2.66 bits per heavy atom. The lowest BCUT2D eigenvalue weighted by Crippen LogP contribution is -2.53. The molecule has 10 heteroatoms. The van der Waals surface area contributed by atoms with Crippen molar-refractivity contribution in [3.63, 3.8) is 0 Å². The highest BCUT2D eigenvalue weighted by Crippen LogP contribution is 2.33. The second kappa shape index (κ2) is 10.8. The average Bonchev–Trinajstić information content (AvgIpc) is 3.20. The van der Waals surface area contributed by atoms with Gasteiger partial charge in [-0.05, 0) is 37.5 Å². The summed E-state index contributed by atoms with van der Waals surface area (Å²) in [5.41, 5.74) is -1.06. The molecule has 0 radical (unpaired) electrons. The molecule has 0 aromatic heterocycles. The number of rotatable bonds is 4. The number of halogens is 5. The van der Waals surface area contributed by atoms with Gasteiger partial charge < -0.3 is 19.7 Å². The van der Waals surface area contributed by atoms with Gasteiger partial charge in [0.15, 0.2) is 5.96 Å². The quantitative estimate of drug-likeness (QED) is 0.278. The predicted octanol–water partition coefficient (Wildman–Crippen LogP) is 3.81. The van der Waals surface area contributed by atoms with Gasteiger partial charge in [-0.25, -0.2) is 9.38 Å². The van der Waals surface area contributed by atoms with E-state index in [9.17, 15) is 17.6 Å². The number of benzene rings is 1. The van der Waals surface area contributed by atoms with Gasteiger partial charge in [-0.3, -0.25) is 0 Å². The lowest BCUT2D eigenvalue weighted by atomic mass is 10.1. The van der Waals surface area contributed by atoms with Crippen molar-refractivity contribution in [1.82, 2.24) is 10.2 Å². The van der Waals surface area contributed by atoms with Gasteiger partial charge in [0.25, 0.3) is 0 Å². The van der Waals surface area contributed by atoms with Crippen LogP contribution in [0.1, 0.15) is 30.9 Å². The molecule has 2 atom stereocenters. The van der Waals surface area contributed by atoms with E-state index in [0.29, 0.717) is 38.3 Å². The topological polar surface area (TPSA) is 46.1 Å². The first-order chi connectivity index (χ1) is 13.4. The lowest BCUT2D eigenvalue weighted by Gasteiger charge is -2.37. The number of alkyl halides is 3. The average molecular weight is 531 g/mol. The molecule has 2 aliphatic rings. The SMILES string of the molecule is CCNC(=NCc1ccc(F)cc1C(F)(F)F)N1CCOC(C2CCCO2)C1.I. The number of morpholine rings is 1. The Balaban J connectivity index is 0.00000300. The second-order valence-corrected chi connectivity index (χ2v) is 6.88. The van der Waals surface area contributed by atoms with Crippen molar-refractivity contribution in [1.29, 1.82) is 0 Å². The van der Waals surface area contributed by atoms with E-state index < -0.39 is 17.6 Å². The Morgan fingerprint density at radius 2 is 2.00 bits per heavy atom. The van der Waals surface area contributed by atoms with Crippen LogP contribution < -0.4 is 5.32 Å². The Hall–Kier alpha value is -1.14. The zero-order chi connectivity index (χ0) is 20.1. The molecule has 2 unspecified atom stereocenters. The van der Waals surface area contributed by atoms with E-state index in [2.05, 4.69) is 10.3 Å². The molecule has 2 aliphatic heterocycles. The third-order valence-corrected chi connectivity index (χ3v) is 4.88. The minimum absolute atomic E-state index is 0. The van der Waals surface area contributed by atoms with Crippen LogP contribution in [0.4, 0.5) is 17.6 Å². The number of hydrogen-bond acceptors (Lipinski definition) is 3. The van der Waals surface area contributed by atoms with Crippen LogP contribution in [-0.2, 0) is 22.2 Å². The van der Waals surface area contributed by atoms with Gasteiger partial charge in [0.05, 0.1) is 24.8 Å². The first-order valence-corrected chi connectivity index (χ1v) is 9.50. The zero-order valence-corrected chi connectivity index (χ0v) is 18.5. The predicted molar refractivity (Wildman–Crippen MR) is 112 cm³/mol. The van der Waals surface area contributed by atoms with E-state index in [4.69, 9.17) is 9.47 Å². The maximum atomic E-state index is 13.3. The smallest absolute Gasteiger partial charge is 0.375 e. The molecule has 2 saturated heterocycles. The maximum Gasteiger partial charge on any atom is 0.416 e. The van der Waals surface area contributed by atoms with Crippen molar-refractivity contribution in [2.45, 2.75) is 44.7 Å².